The molecule has 0 aliphatic carbocycles. The van der Waals surface area contributed by atoms with Gasteiger partial charge >= 0.3 is 12.2 Å². The first-order valence-electron chi connectivity index (χ1n) is 11.7. The van der Waals surface area contributed by atoms with Crippen LogP contribution in [0.15, 0.2) is 77.0 Å². The van der Waals surface area contributed by atoms with Crippen LogP contribution in [-0.4, -0.2) is 34.2 Å². The minimum absolute atomic E-state index is 0.0744. The topological polar surface area (TPSA) is 80.5 Å². The number of para-hydroxylation sites is 1. The van der Waals surface area contributed by atoms with Crippen molar-refractivity contribution in [3.63, 3.8) is 0 Å². The maximum atomic E-state index is 12.8. The SMILES string of the molecule is CC1CN(C(=O)Nc2noc3ccccc23)CCC1=Cc1cccc(Oc2ccc(C(F)(F)F)cn2)c1. The Bertz CT molecular complexity index is 1450. The molecule has 0 saturated carbocycles. The maximum Gasteiger partial charge on any atom is 0.417 e. The number of rotatable bonds is 4. The zero-order chi connectivity index (χ0) is 26.0. The van der Waals surface area contributed by atoms with Crippen molar-refractivity contribution >= 4 is 28.9 Å². The van der Waals surface area contributed by atoms with E-state index in [2.05, 4.69) is 28.5 Å². The molecule has 37 heavy (non-hydrogen) atoms. The number of halogens is 3. The molecule has 0 spiro atoms. The second kappa shape index (κ2) is 9.96. The molecule has 1 N–H and O–H groups in total. The molecule has 5 rings (SSSR count). The Hall–Kier alpha value is -4.34. The summed E-state index contributed by atoms with van der Waals surface area (Å²) in [6, 6.07) is 16.5. The van der Waals surface area contributed by atoms with E-state index < -0.39 is 11.7 Å². The third-order valence-electron chi connectivity index (χ3n) is 6.18. The average Bonchev–Trinajstić information content (AvgIpc) is 3.28. The van der Waals surface area contributed by atoms with Gasteiger partial charge in [-0.1, -0.05) is 48.0 Å². The van der Waals surface area contributed by atoms with E-state index in [9.17, 15) is 18.0 Å². The summed E-state index contributed by atoms with van der Waals surface area (Å²) in [4.78, 5) is 18.3. The third kappa shape index (κ3) is 5.58. The molecule has 3 heterocycles. The molecule has 1 unspecified atom stereocenters. The van der Waals surface area contributed by atoms with E-state index in [1.54, 1.807) is 29.2 Å². The van der Waals surface area contributed by atoms with Gasteiger partial charge in [-0.05, 0) is 48.2 Å². The number of urea groups is 1. The van der Waals surface area contributed by atoms with E-state index in [0.29, 0.717) is 36.7 Å². The van der Waals surface area contributed by atoms with Crippen LogP contribution in [0.4, 0.5) is 23.8 Å². The standard InChI is InChI=1S/C27H23F3N4O3/c1-17-16-34(26(35)32-25-22-7-2-3-8-23(22)37-33-25)12-11-19(17)13-18-5-4-6-21(14-18)36-24-10-9-20(15-31-24)27(28,29)30/h2-10,13-15,17H,11-12,16H2,1H3,(H,32,33,35). The largest absolute Gasteiger partial charge is 0.439 e. The molecule has 1 aliphatic rings. The van der Waals surface area contributed by atoms with Gasteiger partial charge in [0.2, 0.25) is 5.88 Å². The highest BCUT2D eigenvalue weighted by molar-refractivity contribution is 5.98. The molecule has 4 aromatic rings. The highest BCUT2D eigenvalue weighted by atomic mass is 19.4. The van der Waals surface area contributed by atoms with Crippen LogP contribution >= 0.6 is 0 Å². The van der Waals surface area contributed by atoms with Crippen LogP contribution in [0.3, 0.4) is 0 Å². The normalized spacial score (nSPS) is 17.2. The van der Waals surface area contributed by atoms with Crippen molar-refractivity contribution in [2.75, 3.05) is 18.4 Å². The van der Waals surface area contributed by atoms with E-state index in [4.69, 9.17) is 9.26 Å². The number of anilines is 1. The monoisotopic (exact) mass is 508 g/mol. The average molecular weight is 509 g/mol. The molecule has 7 nitrogen and oxygen atoms in total. The lowest BCUT2D eigenvalue weighted by Crippen LogP contribution is -2.42. The second-order valence-electron chi connectivity index (χ2n) is 8.83. The molecule has 1 saturated heterocycles. The van der Waals surface area contributed by atoms with Crippen LogP contribution in [0.2, 0.25) is 0 Å². The van der Waals surface area contributed by atoms with Crippen LogP contribution in [0.25, 0.3) is 17.0 Å². The number of amides is 2. The fourth-order valence-electron chi connectivity index (χ4n) is 4.22. The molecular weight excluding hydrogens is 485 g/mol. The summed E-state index contributed by atoms with van der Waals surface area (Å²) >= 11 is 0. The van der Waals surface area contributed by atoms with Crippen LogP contribution < -0.4 is 10.1 Å². The second-order valence-corrected chi connectivity index (χ2v) is 8.83. The molecule has 190 valence electrons. The van der Waals surface area contributed by atoms with Crippen molar-refractivity contribution in [2.45, 2.75) is 19.5 Å². The predicted octanol–water partition coefficient (Wildman–Crippen LogP) is 6.99. The number of hydrogen-bond acceptors (Lipinski definition) is 5. The summed E-state index contributed by atoms with van der Waals surface area (Å²) in [5.41, 5.74) is 1.84. The molecule has 0 bridgehead atoms. The highest BCUT2D eigenvalue weighted by Gasteiger charge is 2.30. The Kier molecular flexibility index (Phi) is 6.56. The van der Waals surface area contributed by atoms with Gasteiger partial charge in [0.1, 0.15) is 5.75 Å². The number of nitrogens with zero attached hydrogens (tertiary/aromatic N) is 3. The summed E-state index contributed by atoms with van der Waals surface area (Å²) in [6.45, 7) is 3.14. The molecule has 1 fully saturated rings. The molecule has 10 heteroatoms. The first-order chi connectivity index (χ1) is 17.8. The fraction of sp³-hybridized carbons (Fsp3) is 0.222. The highest BCUT2D eigenvalue weighted by Crippen LogP contribution is 2.31. The molecule has 2 amide bonds. The van der Waals surface area contributed by atoms with Crippen LogP contribution in [0.1, 0.15) is 24.5 Å². The summed E-state index contributed by atoms with van der Waals surface area (Å²) < 4.78 is 49.1. The van der Waals surface area contributed by atoms with Crippen molar-refractivity contribution in [3.8, 4) is 11.6 Å². The van der Waals surface area contributed by atoms with E-state index in [0.717, 1.165) is 23.2 Å². The van der Waals surface area contributed by atoms with Crippen LogP contribution in [0, 0.1) is 5.92 Å². The Morgan fingerprint density at radius 2 is 2.00 bits per heavy atom. The third-order valence-corrected chi connectivity index (χ3v) is 6.18. The van der Waals surface area contributed by atoms with Crippen molar-refractivity contribution < 1.29 is 27.2 Å². The number of ether oxygens (including phenoxy) is 1. The lowest BCUT2D eigenvalue weighted by atomic mass is 9.91. The van der Waals surface area contributed by atoms with Gasteiger partial charge in [-0.2, -0.15) is 13.2 Å². The summed E-state index contributed by atoms with van der Waals surface area (Å²) in [5.74, 6) is 1.06. The smallest absolute Gasteiger partial charge is 0.417 e. The van der Waals surface area contributed by atoms with Crippen LogP contribution in [0.5, 0.6) is 11.6 Å². The maximum absolute atomic E-state index is 12.8. The van der Waals surface area contributed by atoms with E-state index in [1.807, 2.05) is 24.3 Å². The number of hydrogen-bond donors (Lipinski definition) is 1. The minimum atomic E-state index is -4.45. The Morgan fingerprint density at radius 1 is 1.16 bits per heavy atom. The Morgan fingerprint density at radius 3 is 2.76 bits per heavy atom. The van der Waals surface area contributed by atoms with Gasteiger partial charge < -0.3 is 14.2 Å². The van der Waals surface area contributed by atoms with Crippen molar-refractivity contribution in [1.29, 1.82) is 0 Å². The number of piperidine rings is 1. The first kappa shape index (κ1) is 24.4. The number of benzene rings is 2. The summed E-state index contributed by atoms with van der Waals surface area (Å²) in [7, 11) is 0. The predicted molar refractivity (Wildman–Crippen MR) is 132 cm³/mol. The Labute approximate surface area is 210 Å². The summed E-state index contributed by atoms with van der Waals surface area (Å²) in [6.07, 6.45) is -0.954. The van der Waals surface area contributed by atoms with Gasteiger partial charge in [-0.25, -0.2) is 9.78 Å². The number of likely N-dealkylation sites (tertiary alicyclic amines) is 1. The van der Waals surface area contributed by atoms with E-state index in [-0.39, 0.29) is 17.8 Å². The lowest BCUT2D eigenvalue weighted by Gasteiger charge is -2.33. The van der Waals surface area contributed by atoms with Crippen molar-refractivity contribution in [3.05, 3.63) is 83.6 Å². The number of nitrogens with one attached hydrogen (secondary N) is 1. The molecule has 2 aromatic heterocycles. The zero-order valence-electron chi connectivity index (χ0n) is 19.8. The molecule has 0 radical (unpaired) electrons. The van der Waals surface area contributed by atoms with Gasteiger partial charge in [0.05, 0.1) is 10.9 Å². The van der Waals surface area contributed by atoms with Crippen molar-refractivity contribution in [2.24, 2.45) is 5.92 Å². The van der Waals surface area contributed by atoms with Gasteiger partial charge in [-0.15, -0.1) is 0 Å². The summed E-state index contributed by atoms with van der Waals surface area (Å²) in [5, 5.41) is 7.55. The minimum Gasteiger partial charge on any atom is -0.439 e. The Balaban J connectivity index is 1.22. The fourth-order valence-corrected chi connectivity index (χ4v) is 4.22. The first-order valence-corrected chi connectivity index (χ1v) is 11.7. The van der Waals surface area contributed by atoms with Gasteiger partial charge in [0, 0.05) is 25.4 Å². The quantitative estimate of drug-likeness (QED) is 0.321. The number of pyridine rings is 1. The van der Waals surface area contributed by atoms with Gasteiger partial charge in [0.25, 0.3) is 0 Å². The number of aromatic nitrogens is 2. The molecule has 1 aliphatic heterocycles. The van der Waals surface area contributed by atoms with Crippen LogP contribution in [-0.2, 0) is 6.18 Å². The van der Waals surface area contributed by atoms with E-state index >= 15 is 0 Å². The van der Waals surface area contributed by atoms with Crippen molar-refractivity contribution in [1.82, 2.24) is 15.0 Å². The molecule has 2 aromatic carbocycles. The van der Waals surface area contributed by atoms with Gasteiger partial charge in [0.15, 0.2) is 11.4 Å². The van der Waals surface area contributed by atoms with Gasteiger partial charge in [-0.3, -0.25) is 5.32 Å². The lowest BCUT2D eigenvalue weighted by molar-refractivity contribution is -0.137. The van der Waals surface area contributed by atoms with E-state index in [1.165, 1.54) is 11.6 Å². The number of fused-ring (bicyclic) bond motifs is 1. The molecule has 1 atom stereocenters. The number of alkyl halides is 3. The zero-order valence-corrected chi connectivity index (χ0v) is 19.8. The molecular formula is C27H23F3N4O3. The number of carbonyl (C=O) groups excluding carboxylic acids is 1. The number of carbonyl (C=O) groups is 1.